The van der Waals surface area contributed by atoms with Crippen LogP contribution in [0.25, 0.3) is 0 Å². The average Bonchev–Trinajstić information content (AvgIpc) is 2.37. The number of carbonyl (C=O) groups is 1. The van der Waals surface area contributed by atoms with Gasteiger partial charge in [-0.05, 0) is 50.1 Å². The molecule has 0 radical (unpaired) electrons. The second kappa shape index (κ2) is 10.5. The molecule has 0 spiro atoms. The summed E-state index contributed by atoms with van der Waals surface area (Å²) < 4.78 is 0. The summed E-state index contributed by atoms with van der Waals surface area (Å²) in [6, 6.07) is 0. The first-order chi connectivity index (χ1) is 8.63. The van der Waals surface area contributed by atoms with E-state index < -0.39 is 0 Å². The molecule has 1 aliphatic heterocycles. The van der Waals surface area contributed by atoms with E-state index in [2.05, 4.69) is 31.4 Å². The molecule has 3 nitrogen and oxygen atoms in total. The van der Waals surface area contributed by atoms with E-state index in [0.29, 0.717) is 18.3 Å². The summed E-state index contributed by atoms with van der Waals surface area (Å²) in [7, 11) is 0. The largest absolute Gasteiger partial charge is 0.356 e. The Morgan fingerprint density at radius 1 is 1.42 bits per heavy atom. The van der Waals surface area contributed by atoms with Crippen LogP contribution in [0, 0.1) is 17.8 Å². The maximum absolute atomic E-state index is 11.8. The molecule has 2 atom stereocenters. The predicted octanol–water partition coefficient (Wildman–Crippen LogP) is 2.99. The molecule has 0 bridgehead atoms. The first kappa shape index (κ1) is 18.7. The number of rotatable bonds is 7. The quantitative estimate of drug-likeness (QED) is 0.757. The first-order valence-electron chi connectivity index (χ1n) is 7.60. The van der Waals surface area contributed by atoms with E-state index in [-0.39, 0.29) is 18.3 Å². The van der Waals surface area contributed by atoms with Gasteiger partial charge in [-0.1, -0.05) is 27.2 Å². The van der Waals surface area contributed by atoms with Crippen molar-refractivity contribution in [3.8, 4) is 0 Å². The number of nitrogens with one attached hydrogen (secondary N) is 2. The van der Waals surface area contributed by atoms with Crippen LogP contribution in [0.5, 0.6) is 0 Å². The summed E-state index contributed by atoms with van der Waals surface area (Å²) in [5.74, 6) is 2.12. The molecule has 1 saturated heterocycles. The minimum atomic E-state index is 0. The fraction of sp³-hybridized carbons (Fsp3) is 0.933. The van der Waals surface area contributed by atoms with E-state index in [1.807, 2.05) is 0 Å². The summed E-state index contributed by atoms with van der Waals surface area (Å²) in [6.07, 6.45) is 5.50. The lowest BCUT2D eigenvalue weighted by Gasteiger charge is -2.23. The van der Waals surface area contributed by atoms with E-state index in [0.717, 1.165) is 38.4 Å². The third-order valence-corrected chi connectivity index (χ3v) is 4.19. The molecule has 1 aliphatic rings. The van der Waals surface area contributed by atoms with Crippen molar-refractivity contribution in [1.29, 1.82) is 0 Å². The van der Waals surface area contributed by atoms with Gasteiger partial charge in [-0.2, -0.15) is 0 Å². The van der Waals surface area contributed by atoms with Gasteiger partial charge in [-0.25, -0.2) is 0 Å². The van der Waals surface area contributed by atoms with Crippen molar-refractivity contribution < 1.29 is 4.79 Å². The second-order valence-electron chi connectivity index (χ2n) is 5.97. The van der Waals surface area contributed by atoms with Crippen LogP contribution in [0.3, 0.4) is 0 Å². The predicted molar refractivity (Wildman–Crippen MR) is 83.7 cm³/mol. The number of hydrogen-bond acceptors (Lipinski definition) is 2. The molecule has 19 heavy (non-hydrogen) atoms. The van der Waals surface area contributed by atoms with Crippen LogP contribution in [-0.2, 0) is 4.79 Å². The van der Waals surface area contributed by atoms with Gasteiger partial charge in [0, 0.05) is 13.0 Å². The number of piperidine rings is 1. The monoisotopic (exact) mass is 290 g/mol. The Bertz CT molecular complexity index is 240. The fourth-order valence-electron chi connectivity index (χ4n) is 2.75. The van der Waals surface area contributed by atoms with Crippen LogP contribution >= 0.6 is 12.4 Å². The van der Waals surface area contributed by atoms with Crippen molar-refractivity contribution in [2.75, 3.05) is 19.6 Å². The molecule has 0 aromatic rings. The molecule has 2 unspecified atom stereocenters. The van der Waals surface area contributed by atoms with Gasteiger partial charge in [0.1, 0.15) is 0 Å². The van der Waals surface area contributed by atoms with Crippen molar-refractivity contribution in [3.05, 3.63) is 0 Å². The zero-order chi connectivity index (χ0) is 13.4. The minimum absolute atomic E-state index is 0. The van der Waals surface area contributed by atoms with E-state index >= 15 is 0 Å². The van der Waals surface area contributed by atoms with Crippen LogP contribution in [0.1, 0.15) is 52.9 Å². The lowest BCUT2D eigenvalue weighted by Crippen LogP contribution is -2.33. The van der Waals surface area contributed by atoms with Gasteiger partial charge in [0.15, 0.2) is 0 Å². The topological polar surface area (TPSA) is 41.1 Å². The van der Waals surface area contributed by atoms with E-state index in [1.54, 1.807) is 0 Å². The molecule has 1 heterocycles. The summed E-state index contributed by atoms with van der Waals surface area (Å²) in [6.45, 7) is 9.71. The standard InChI is InChI=1S/C15H30N2O.ClH/c1-4-14(12(2)3)10-15(18)17-9-7-13-6-5-8-16-11-13;/h12-14,16H,4-11H2,1-3H3,(H,17,18);1H. The molecule has 1 amide bonds. The Labute approximate surface area is 124 Å². The maximum Gasteiger partial charge on any atom is 0.220 e. The third-order valence-electron chi connectivity index (χ3n) is 4.19. The van der Waals surface area contributed by atoms with Crippen molar-refractivity contribution in [3.63, 3.8) is 0 Å². The molecular weight excluding hydrogens is 260 g/mol. The zero-order valence-corrected chi connectivity index (χ0v) is 13.5. The molecule has 1 rings (SSSR count). The van der Waals surface area contributed by atoms with Crippen LogP contribution in [0.15, 0.2) is 0 Å². The van der Waals surface area contributed by atoms with Crippen LogP contribution in [0.4, 0.5) is 0 Å². The molecule has 4 heteroatoms. The highest BCUT2D eigenvalue weighted by Gasteiger charge is 2.16. The third kappa shape index (κ3) is 7.78. The summed E-state index contributed by atoms with van der Waals surface area (Å²) >= 11 is 0. The molecule has 114 valence electrons. The first-order valence-corrected chi connectivity index (χ1v) is 7.60. The normalized spacial score (nSPS) is 20.7. The molecule has 0 aliphatic carbocycles. The van der Waals surface area contributed by atoms with E-state index in [9.17, 15) is 4.79 Å². The van der Waals surface area contributed by atoms with Crippen LogP contribution in [-0.4, -0.2) is 25.5 Å². The molecule has 0 saturated carbocycles. The Kier molecular flexibility index (Phi) is 10.3. The lowest BCUT2D eigenvalue weighted by atomic mass is 9.90. The molecule has 1 fully saturated rings. The summed E-state index contributed by atoms with van der Waals surface area (Å²) in [5.41, 5.74) is 0. The van der Waals surface area contributed by atoms with Gasteiger partial charge < -0.3 is 10.6 Å². The smallest absolute Gasteiger partial charge is 0.220 e. The average molecular weight is 291 g/mol. The molecule has 0 aromatic carbocycles. The Morgan fingerprint density at radius 2 is 2.16 bits per heavy atom. The Balaban J connectivity index is 0.00000324. The number of carbonyl (C=O) groups excluding carboxylic acids is 1. The van der Waals surface area contributed by atoms with Crippen LogP contribution in [0.2, 0.25) is 0 Å². The lowest BCUT2D eigenvalue weighted by molar-refractivity contribution is -0.122. The van der Waals surface area contributed by atoms with Crippen LogP contribution < -0.4 is 10.6 Å². The van der Waals surface area contributed by atoms with E-state index in [4.69, 9.17) is 0 Å². The highest BCUT2D eigenvalue weighted by Crippen LogP contribution is 2.18. The maximum atomic E-state index is 11.8. The number of halogens is 1. The van der Waals surface area contributed by atoms with Gasteiger partial charge in [0.2, 0.25) is 5.91 Å². The van der Waals surface area contributed by atoms with Gasteiger partial charge in [-0.15, -0.1) is 12.4 Å². The fourth-order valence-corrected chi connectivity index (χ4v) is 2.75. The van der Waals surface area contributed by atoms with Crippen molar-refractivity contribution in [2.45, 2.75) is 52.9 Å². The number of hydrogen-bond donors (Lipinski definition) is 2. The Morgan fingerprint density at radius 3 is 2.68 bits per heavy atom. The Hall–Kier alpha value is -0.280. The van der Waals surface area contributed by atoms with Crippen molar-refractivity contribution in [1.82, 2.24) is 10.6 Å². The second-order valence-corrected chi connectivity index (χ2v) is 5.97. The highest BCUT2D eigenvalue weighted by atomic mass is 35.5. The van der Waals surface area contributed by atoms with Gasteiger partial charge in [-0.3, -0.25) is 4.79 Å². The SMILES string of the molecule is CCC(CC(=O)NCCC1CCCNC1)C(C)C.Cl. The van der Waals surface area contributed by atoms with Gasteiger partial charge >= 0.3 is 0 Å². The molecular formula is C15H31ClN2O. The number of amides is 1. The van der Waals surface area contributed by atoms with Crippen molar-refractivity contribution >= 4 is 18.3 Å². The molecule has 2 N–H and O–H groups in total. The van der Waals surface area contributed by atoms with Gasteiger partial charge in [0.25, 0.3) is 0 Å². The molecule has 0 aromatic heterocycles. The minimum Gasteiger partial charge on any atom is -0.356 e. The van der Waals surface area contributed by atoms with E-state index in [1.165, 1.54) is 12.8 Å². The van der Waals surface area contributed by atoms with Crippen molar-refractivity contribution in [2.24, 2.45) is 17.8 Å². The summed E-state index contributed by atoms with van der Waals surface area (Å²) in [5, 5.41) is 6.50. The zero-order valence-electron chi connectivity index (χ0n) is 12.7. The summed E-state index contributed by atoms with van der Waals surface area (Å²) in [4.78, 5) is 11.8. The highest BCUT2D eigenvalue weighted by molar-refractivity contribution is 5.85. The van der Waals surface area contributed by atoms with Gasteiger partial charge in [0.05, 0.1) is 0 Å².